The topological polar surface area (TPSA) is 70.5 Å². The molecule has 0 fully saturated rings. The number of nitrogens with two attached hydrogens (primary N) is 2. The molecule has 0 aromatic heterocycles. The monoisotopic (exact) mass is 266 g/mol. The molecule has 0 heterocycles. The predicted molar refractivity (Wildman–Crippen MR) is 67.8 cm³/mol. The molecule has 0 amide bonds. The third-order valence-electron chi connectivity index (χ3n) is 2.17. The van der Waals surface area contributed by atoms with Gasteiger partial charge in [0.2, 0.25) is 0 Å². The molecule has 0 unspecified atom stereocenters. The summed E-state index contributed by atoms with van der Waals surface area (Å²) in [5.41, 5.74) is 12.0. The fourth-order valence-electron chi connectivity index (χ4n) is 1.32. The Morgan fingerprint density at radius 1 is 1.31 bits per heavy atom. The van der Waals surface area contributed by atoms with Gasteiger partial charge in [-0.1, -0.05) is 17.7 Å². The number of rotatable bonds is 4. The van der Waals surface area contributed by atoms with Crippen molar-refractivity contribution in [2.75, 3.05) is 20.8 Å². The largest absolute Gasteiger partial charge is 0.493 e. The van der Waals surface area contributed by atoms with Crippen molar-refractivity contribution in [3.63, 3.8) is 0 Å². The first-order valence-corrected chi connectivity index (χ1v) is 4.89. The van der Waals surface area contributed by atoms with Crippen molar-refractivity contribution >= 4 is 24.0 Å². The summed E-state index contributed by atoms with van der Waals surface area (Å²) in [5, 5.41) is 0.454. The fraction of sp³-hybridized carbons (Fsp3) is 0.400. The van der Waals surface area contributed by atoms with Gasteiger partial charge in [0.25, 0.3) is 0 Å². The van der Waals surface area contributed by atoms with Crippen molar-refractivity contribution in [2.24, 2.45) is 11.5 Å². The van der Waals surface area contributed by atoms with Crippen LogP contribution < -0.4 is 20.9 Å². The zero-order valence-electron chi connectivity index (χ0n) is 9.20. The van der Waals surface area contributed by atoms with Crippen LogP contribution in [0.15, 0.2) is 12.1 Å². The second-order valence-electron chi connectivity index (χ2n) is 3.05. The molecule has 1 aromatic carbocycles. The number of hydrogen-bond donors (Lipinski definition) is 2. The second-order valence-corrected chi connectivity index (χ2v) is 3.42. The summed E-state index contributed by atoms with van der Waals surface area (Å²) in [6.45, 7) is 0.329. The van der Waals surface area contributed by atoms with Gasteiger partial charge in [-0.05, 0) is 11.6 Å². The lowest BCUT2D eigenvalue weighted by Crippen LogP contribution is -2.21. The van der Waals surface area contributed by atoms with Crippen LogP contribution >= 0.6 is 24.0 Å². The van der Waals surface area contributed by atoms with Crippen molar-refractivity contribution < 1.29 is 9.47 Å². The normalized spacial score (nSPS) is 11.6. The standard InChI is InChI=1S/C10H15ClN2O2.ClH/c1-14-8-4-3-6(7(13)5-12)9(11)10(8)15-2;/h3-4,7H,5,12-13H2,1-2H3;1H/t7-;/m1./s1. The third kappa shape index (κ3) is 2.92. The minimum atomic E-state index is -0.294. The molecule has 0 aliphatic carbocycles. The molecule has 0 aliphatic rings. The van der Waals surface area contributed by atoms with Gasteiger partial charge < -0.3 is 20.9 Å². The summed E-state index contributed by atoms with van der Waals surface area (Å²) in [7, 11) is 3.08. The third-order valence-corrected chi connectivity index (χ3v) is 2.56. The maximum atomic E-state index is 6.13. The van der Waals surface area contributed by atoms with Crippen molar-refractivity contribution in [1.29, 1.82) is 0 Å². The molecule has 4 nitrogen and oxygen atoms in total. The van der Waals surface area contributed by atoms with E-state index in [0.29, 0.717) is 23.1 Å². The Balaban J connectivity index is 0.00000225. The summed E-state index contributed by atoms with van der Waals surface area (Å²) >= 11 is 6.13. The van der Waals surface area contributed by atoms with E-state index in [1.165, 1.54) is 7.11 Å². The van der Waals surface area contributed by atoms with Gasteiger partial charge >= 0.3 is 0 Å². The first kappa shape index (κ1) is 15.3. The van der Waals surface area contributed by atoms with Gasteiger partial charge in [-0.25, -0.2) is 0 Å². The van der Waals surface area contributed by atoms with Gasteiger partial charge in [0.15, 0.2) is 11.5 Å². The van der Waals surface area contributed by atoms with Crippen LogP contribution in [0.5, 0.6) is 11.5 Å². The van der Waals surface area contributed by atoms with Crippen molar-refractivity contribution in [1.82, 2.24) is 0 Å². The molecule has 1 atom stereocenters. The van der Waals surface area contributed by atoms with Crippen LogP contribution in [0.1, 0.15) is 11.6 Å². The Morgan fingerprint density at radius 2 is 1.94 bits per heavy atom. The van der Waals surface area contributed by atoms with Gasteiger partial charge in [-0.2, -0.15) is 0 Å². The predicted octanol–water partition coefficient (Wildman–Crippen LogP) is 1.74. The fourth-order valence-corrected chi connectivity index (χ4v) is 1.69. The zero-order valence-corrected chi connectivity index (χ0v) is 10.8. The van der Waals surface area contributed by atoms with Gasteiger partial charge in [0.05, 0.1) is 19.2 Å². The molecule has 0 spiro atoms. The van der Waals surface area contributed by atoms with Crippen LogP contribution in [0, 0.1) is 0 Å². The molecule has 0 aliphatic heterocycles. The molecule has 6 heteroatoms. The van der Waals surface area contributed by atoms with E-state index in [1.54, 1.807) is 19.2 Å². The maximum absolute atomic E-state index is 6.13. The molecule has 0 saturated heterocycles. The molecule has 16 heavy (non-hydrogen) atoms. The van der Waals surface area contributed by atoms with Crippen molar-refractivity contribution in [2.45, 2.75) is 6.04 Å². The molecule has 4 N–H and O–H groups in total. The smallest absolute Gasteiger partial charge is 0.179 e. The van der Waals surface area contributed by atoms with E-state index in [4.69, 9.17) is 32.5 Å². The minimum absolute atomic E-state index is 0. The van der Waals surface area contributed by atoms with E-state index in [9.17, 15) is 0 Å². The lowest BCUT2D eigenvalue weighted by Gasteiger charge is -2.16. The van der Waals surface area contributed by atoms with Gasteiger partial charge in [-0.15, -0.1) is 12.4 Å². The molecule has 0 saturated carbocycles. The lowest BCUT2D eigenvalue weighted by atomic mass is 10.1. The molecule has 0 bridgehead atoms. The molecule has 92 valence electrons. The highest BCUT2D eigenvalue weighted by Crippen LogP contribution is 2.38. The van der Waals surface area contributed by atoms with Crippen LogP contribution in [0.4, 0.5) is 0 Å². The highest BCUT2D eigenvalue weighted by atomic mass is 35.5. The minimum Gasteiger partial charge on any atom is -0.493 e. The summed E-state index contributed by atoms with van der Waals surface area (Å²) < 4.78 is 10.3. The maximum Gasteiger partial charge on any atom is 0.179 e. The molecule has 1 rings (SSSR count). The summed E-state index contributed by atoms with van der Waals surface area (Å²) in [6.07, 6.45) is 0. The Morgan fingerprint density at radius 3 is 2.38 bits per heavy atom. The van der Waals surface area contributed by atoms with Crippen molar-refractivity contribution in [3.8, 4) is 11.5 Å². The highest BCUT2D eigenvalue weighted by molar-refractivity contribution is 6.33. The van der Waals surface area contributed by atoms with Crippen LogP contribution in [0.25, 0.3) is 0 Å². The van der Waals surface area contributed by atoms with E-state index in [-0.39, 0.29) is 18.4 Å². The van der Waals surface area contributed by atoms with Crippen LogP contribution in [-0.4, -0.2) is 20.8 Å². The molecule has 1 aromatic rings. The van der Waals surface area contributed by atoms with Gasteiger partial charge in [0.1, 0.15) is 0 Å². The Kier molecular flexibility index (Phi) is 6.52. The first-order chi connectivity index (χ1) is 7.15. The van der Waals surface area contributed by atoms with E-state index >= 15 is 0 Å². The van der Waals surface area contributed by atoms with Crippen LogP contribution in [0.2, 0.25) is 5.02 Å². The Hall–Kier alpha value is -0.680. The van der Waals surface area contributed by atoms with E-state index in [2.05, 4.69) is 0 Å². The highest BCUT2D eigenvalue weighted by Gasteiger charge is 2.16. The summed E-state index contributed by atoms with van der Waals surface area (Å²) in [5.74, 6) is 1.07. The number of hydrogen-bond acceptors (Lipinski definition) is 4. The van der Waals surface area contributed by atoms with Crippen LogP contribution in [0.3, 0.4) is 0 Å². The molecule has 0 radical (unpaired) electrons. The zero-order chi connectivity index (χ0) is 11.4. The SMILES string of the molecule is COc1ccc([C@H](N)CN)c(Cl)c1OC.Cl. The average Bonchev–Trinajstić information content (AvgIpc) is 2.27. The number of methoxy groups -OCH3 is 2. The van der Waals surface area contributed by atoms with Crippen molar-refractivity contribution in [3.05, 3.63) is 22.7 Å². The van der Waals surface area contributed by atoms with Crippen LogP contribution in [-0.2, 0) is 0 Å². The average molecular weight is 267 g/mol. The van der Waals surface area contributed by atoms with E-state index in [0.717, 1.165) is 5.56 Å². The Bertz CT molecular complexity index is 348. The molecular weight excluding hydrogens is 251 g/mol. The number of halogens is 2. The van der Waals surface area contributed by atoms with Gasteiger partial charge in [-0.3, -0.25) is 0 Å². The quantitative estimate of drug-likeness (QED) is 0.871. The summed E-state index contributed by atoms with van der Waals surface area (Å²) in [6, 6.07) is 3.26. The molecular formula is C10H16Cl2N2O2. The Labute approximate surface area is 106 Å². The number of benzene rings is 1. The van der Waals surface area contributed by atoms with E-state index < -0.39 is 0 Å². The van der Waals surface area contributed by atoms with E-state index in [1.807, 2.05) is 0 Å². The second kappa shape index (κ2) is 6.81. The van der Waals surface area contributed by atoms with Gasteiger partial charge in [0, 0.05) is 12.6 Å². The number of ether oxygens (including phenoxy) is 2. The first-order valence-electron chi connectivity index (χ1n) is 4.51. The lowest BCUT2D eigenvalue weighted by molar-refractivity contribution is 0.354. The summed E-state index contributed by atoms with van der Waals surface area (Å²) in [4.78, 5) is 0.